The van der Waals surface area contributed by atoms with E-state index in [1.807, 2.05) is 6.07 Å². The third-order valence-electron chi connectivity index (χ3n) is 2.88. The Labute approximate surface area is 108 Å². The second-order valence-corrected chi connectivity index (χ2v) is 4.27. The molecule has 0 amide bonds. The van der Waals surface area contributed by atoms with Crippen molar-refractivity contribution in [1.82, 2.24) is 0 Å². The Bertz CT molecular complexity index is 366. The lowest BCUT2D eigenvalue weighted by atomic mass is 9.97. The maximum absolute atomic E-state index is 11.3. The minimum Gasteiger partial charge on any atom is -0.465 e. The van der Waals surface area contributed by atoms with Crippen LogP contribution in [0.15, 0.2) is 16.6 Å². The first-order valence-electron chi connectivity index (χ1n) is 6.52. The van der Waals surface area contributed by atoms with Crippen LogP contribution < -0.4 is 0 Å². The maximum Gasteiger partial charge on any atom is 0.328 e. The van der Waals surface area contributed by atoms with Crippen molar-refractivity contribution in [3.05, 3.63) is 11.6 Å². The van der Waals surface area contributed by atoms with Crippen molar-refractivity contribution in [1.29, 1.82) is 5.26 Å². The van der Waals surface area contributed by atoms with E-state index in [1.165, 1.54) is 31.1 Å². The number of carbonyl (C=O) groups is 1. The number of ether oxygens (including phenoxy) is 1. The second-order valence-electron chi connectivity index (χ2n) is 4.27. The first-order chi connectivity index (χ1) is 8.77. The highest BCUT2D eigenvalue weighted by atomic mass is 16.5. The largest absolute Gasteiger partial charge is 0.465 e. The third-order valence-corrected chi connectivity index (χ3v) is 2.88. The van der Waals surface area contributed by atoms with Crippen LogP contribution in [0.2, 0.25) is 0 Å². The fraction of sp³-hybridized carbons (Fsp3) is 0.643. The summed E-state index contributed by atoms with van der Waals surface area (Å²) in [5, 5.41) is 8.82. The van der Waals surface area contributed by atoms with Crippen LogP contribution in [0.4, 0.5) is 0 Å². The fourth-order valence-electron chi connectivity index (χ4n) is 1.90. The molecule has 0 saturated carbocycles. The quantitative estimate of drug-likeness (QED) is 0.412. The molecule has 0 aliphatic heterocycles. The second kappa shape index (κ2) is 8.46. The van der Waals surface area contributed by atoms with Gasteiger partial charge in [0, 0.05) is 12.8 Å². The molecule has 0 N–H and O–H groups in total. The van der Waals surface area contributed by atoms with Crippen LogP contribution in [0.3, 0.4) is 0 Å². The van der Waals surface area contributed by atoms with Crippen LogP contribution in [0.5, 0.6) is 0 Å². The van der Waals surface area contributed by atoms with Crippen LogP contribution in [0, 0.1) is 17.2 Å². The molecule has 4 nitrogen and oxygen atoms in total. The Balaban J connectivity index is 2.32. The van der Waals surface area contributed by atoms with E-state index < -0.39 is 11.9 Å². The average molecular weight is 248 g/mol. The molecule has 0 aromatic rings. The van der Waals surface area contributed by atoms with E-state index in [0.717, 1.165) is 12.8 Å². The molecule has 18 heavy (non-hydrogen) atoms. The van der Waals surface area contributed by atoms with Crippen molar-refractivity contribution < 1.29 is 9.53 Å². The normalized spacial score (nSPS) is 17.0. The van der Waals surface area contributed by atoms with Gasteiger partial charge in [0.25, 0.3) is 0 Å². The van der Waals surface area contributed by atoms with Crippen LogP contribution in [0.25, 0.3) is 0 Å². The zero-order valence-electron chi connectivity index (χ0n) is 10.9. The molecule has 0 aromatic heterocycles. The van der Waals surface area contributed by atoms with Crippen molar-refractivity contribution in [2.24, 2.45) is 10.9 Å². The van der Waals surface area contributed by atoms with Crippen LogP contribution in [-0.4, -0.2) is 25.3 Å². The minimum absolute atomic E-state index is 0.289. The Morgan fingerprint density at radius 3 is 3.11 bits per heavy atom. The number of allylic oxidation sites excluding steroid dienone is 1. The van der Waals surface area contributed by atoms with Gasteiger partial charge in [-0.2, -0.15) is 5.26 Å². The Morgan fingerprint density at radius 1 is 1.67 bits per heavy atom. The molecular formula is C14H20N2O2. The lowest BCUT2D eigenvalue weighted by Crippen LogP contribution is -2.17. The molecule has 98 valence electrons. The number of hydrogen-bond donors (Lipinski definition) is 0. The molecule has 1 rings (SSSR count). The zero-order chi connectivity index (χ0) is 13.2. The van der Waals surface area contributed by atoms with Crippen molar-refractivity contribution in [3.63, 3.8) is 0 Å². The predicted molar refractivity (Wildman–Crippen MR) is 70.3 cm³/mol. The first kappa shape index (κ1) is 14.4. The standard InChI is InChI=1S/C14H20N2O2/c1-2-18-14(17)13(10-15)11-16-9-8-12-6-4-3-5-7-12/h6,11,13H,2-5,7-9H2,1H3/t13-/m0/s1. The molecule has 0 fully saturated rings. The van der Waals surface area contributed by atoms with Gasteiger partial charge in [0.05, 0.1) is 12.7 Å². The first-order valence-corrected chi connectivity index (χ1v) is 6.52. The molecule has 1 aliphatic carbocycles. The number of hydrogen-bond acceptors (Lipinski definition) is 4. The zero-order valence-corrected chi connectivity index (χ0v) is 10.9. The molecule has 0 aromatic carbocycles. The Kier molecular flexibility index (Phi) is 6.78. The average Bonchev–Trinajstić information content (AvgIpc) is 2.40. The summed E-state index contributed by atoms with van der Waals surface area (Å²) in [6, 6.07) is 1.89. The van der Waals surface area contributed by atoms with Crippen molar-refractivity contribution in [2.75, 3.05) is 13.2 Å². The number of aliphatic imine (C=N–C) groups is 1. The van der Waals surface area contributed by atoms with Gasteiger partial charge in [0.15, 0.2) is 5.92 Å². The summed E-state index contributed by atoms with van der Waals surface area (Å²) in [5.41, 5.74) is 1.45. The van der Waals surface area contributed by atoms with Gasteiger partial charge in [-0.15, -0.1) is 0 Å². The Hall–Kier alpha value is -1.63. The summed E-state index contributed by atoms with van der Waals surface area (Å²) in [6.07, 6.45) is 9.49. The van der Waals surface area contributed by atoms with Gasteiger partial charge in [0.1, 0.15) is 0 Å². The van der Waals surface area contributed by atoms with Gasteiger partial charge in [-0.3, -0.25) is 9.79 Å². The van der Waals surface area contributed by atoms with E-state index in [2.05, 4.69) is 11.1 Å². The van der Waals surface area contributed by atoms with E-state index >= 15 is 0 Å². The number of esters is 1. The van der Waals surface area contributed by atoms with Gasteiger partial charge >= 0.3 is 5.97 Å². The van der Waals surface area contributed by atoms with Crippen LogP contribution in [-0.2, 0) is 9.53 Å². The smallest absolute Gasteiger partial charge is 0.328 e. The predicted octanol–water partition coefficient (Wildman–Crippen LogP) is 2.65. The summed E-state index contributed by atoms with van der Waals surface area (Å²) in [4.78, 5) is 15.5. The lowest BCUT2D eigenvalue weighted by molar-refractivity contribution is -0.143. The summed E-state index contributed by atoms with van der Waals surface area (Å²) in [6.45, 7) is 2.65. The van der Waals surface area contributed by atoms with E-state index in [9.17, 15) is 4.79 Å². The van der Waals surface area contributed by atoms with Gasteiger partial charge in [-0.05, 0) is 39.0 Å². The lowest BCUT2D eigenvalue weighted by Gasteiger charge is -2.10. The molecular weight excluding hydrogens is 228 g/mol. The topological polar surface area (TPSA) is 62.5 Å². The molecule has 0 bridgehead atoms. The molecule has 4 heteroatoms. The minimum atomic E-state index is -0.870. The van der Waals surface area contributed by atoms with Crippen molar-refractivity contribution in [2.45, 2.75) is 39.0 Å². The fourth-order valence-corrected chi connectivity index (χ4v) is 1.90. The monoisotopic (exact) mass is 248 g/mol. The van der Waals surface area contributed by atoms with E-state index in [1.54, 1.807) is 6.92 Å². The number of rotatable bonds is 6. The SMILES string of the molecule is CCOC(=O)[C@@H](C#N)C=NCCC1=CCCCC1. The number of nitrogens with zero attached hydrogens (tertiary/aromatic N) is 2. The molecule has 1 aliphatic rings. The molecule has 0 unspecified atom stereocenters. The Morgan fingerprint density at radius 2 is 2.50 bits per heavy atom. The summed E-state index contributed by atoms with van der Waals surface area (Å²) in [7, 11) is 0. The highest BCUT2D eigenvalue weighted by molar-refractivity contribution is 5.92. The van der Waals surface area contributed by atoms with Crippen molar-refractivity contribution in [3.8, 4) is 6.07 Å². The summed E-state index contributed by atoms with van der Waals surface area (Å²) >= 11 is 0. The molecule has 0 radical (unpaired) electrons. The molecule has 1 atom stereocenters. The van der Waals surface area contributed by atoms with E-state index in [0.29, 0.717) is 6.54 Å². The third kappa shape index (κ3) is 5.13. The molecule has 0 spiro atoms. The number of carbonyl (C=O) groups excluding carboxylic acids is 1. The van der Waals surface area contributed by atoms with Crippen LogP contribution in [0.1, 0.15) is 39.0 Å². The molecule has 0 heterocycles. The highest BCUT2D eigenvalue weighted by Gasteiger charge is 2.15. The number of nitriles is 1. The van der Waals surface area contributed by atoms with E-state index in [-0.39, 0.29) is 6.61 Å². The van der Waals surface area contributed by atoms with E-state index in [4.69, 9.17) is 10.00 Å². The summed E-state index contributed by atoms with van der Waals surface area (Å²) in [5.74, 6) is -1.38. The van der Waals surface area contributed by atoms with Gasteiger partial charge in [-0.25, -0.2) is 0 Å². The highest BCUT2D eigenvalue weighted by Crippen LogP contribution is 2.19. The molecule has 0 saturated heterocycles. The van der Waals surface area contributed by atoms with Gasteiger partial charge in [-0.1, -0.05) is 11.6 Å². The maximum atomic E-state index is 11.3. The van der Waals surface area contributed by atoms with Gasteiger partial charge in [0.2, 0.25) is 0 Å². The van der Waals surface area contributed by atoms with Crippen molar-refractivity contribution >= 4 is 12.2 Å². The van der Waals surface area contributed by atoms with Gasteiger partial charge < -0.3 is 4.74 Å². The summed E-state index contributed by atoms with van der Waals surface area (Å²) < 4.78 is 4.78. The van der Waals surface area contributed by atoms with Crippen LogP contribution >= 0.6 is 0 Å².